The van der Waals surface area contributed by atoms with E-state index in [0.717, 1.165) is 56.2 Å². The summed E-state index contributed by atoms with van der Waals surface area (Å²) in [5.74, 6) is 2.03. The van der Waals surface area contributed by atoms with Crippen LogP contribution < -0.4 is 4.90 Å². The fourth-order valence-electron chi connectivity index (χ4n) is 4.56. The van der Waals surface area contributed by atoms with Crippen LogP contribution in [-0.4, -0.2) is 62.9 Å². The number of rotatable bonds is 7. The van der Waals surface area contributed by atoms with Crippen molar-refractivity contribution in [2.45, 2.75) is 43.9 Å². The number of thioether (sulfide) groups is 1. The fourth-order valence-corrected chi connectivity index (χ4v) is 5.62. The molecule has 0 saturated carbocycles. The first-order chi connectivity index (χ1) is 14.9. The quantitative estimate of drug-likeness (QED) is 0.467. The number of hydrogen-bond donors (Lipinski definition) is 0. The Morgan fingerprint density at radius 3 is 2.68 bits per heavy atom. The van der Waals surface area contributed by atoms with Crippen LogP contribution >= 0.6 is 11.8 Å². The highest BCUT2D eigenvalue weighted by Crippen LogP contribution is 2.37. The van der Waals surface area contributed by atoms with Crippen molar-refractivity contribution in [3.8, 4) is 0 Å². The lowest BCUT2D eigenvalue weighted by Crippen LogP contribution is -2.39. The molecule has 2 aliphatic rings. The highest BCUT2D eigenvalue weighted by molar-refractivity contribution is 7.99. The minimum absolute atomic E-state index is 0.0183. The molecular formula is C21H27F3N6S. The van der Waals surface area contributed by atoms with E-state index in [-0.39, 0.29) is 5.75 Å². The van der Waals surface area contributed by atoms with Gasteiger partial charge in [0.15, 0.2) is 0 Å². The van der Waals surface area contributed by atoms with Crippen LogP contribution in [0.4, 0.5) is 19.0 Å². The van der Waals surface area contributed by atoms with Gasteiger partial charge in [-0.3, -0.25) is 14.9 Å². The van der Waals surface area contributed by atoms with E-state index in [9.17, 15) is 13.2 Å². The van der Waals surface area contributed by atoms with Gasteiger partial charge < -0.3 is 4.90 Å². The number of aromatic nitrogens is 4. The standard InChI is InChI=1S/C21H27F3N6S/c1-2-18-19(27-14-28-20(18)31-8-4-21(22,23)24)30-11-15-3-7-29(10-16(15)12-30)13-17-9-25-5-6-26-17/h5-6,9,14-16H,2-4,7-8,10-13H2,1H3/t15-,16+/m1/s1. The van der Waals surface area contributed by atoms with Crippen LogP contribution in [0.3, 0.4) is 0 Å². The third-order valence-electron chi connectivity index (χ3n) is 6.05. The van der Waals surface area contributed by atoms with Gasteiger partial charge in [-0.1, -0.05) is 6.92 Å². The largest absolute Gasteiger partial charge is 0.389 e. The van der Waals surface area contributed by atoms with Crippen LogP contribution in [0.15, 0.2) is 29.9 Å². The molecule has 2 aliphatic heterocycles. The molecule has 0 aliphatic carbocycles. The number of hydrogen-bond acceptors (Lipinski definition) is 7. The van der Waals surface area contributed by atoms with Gasteiger partial charge in [0, 0.05) is 56.1 Å². The molecule has 2 saturated heterocycles. The first kappa shape index (κ1) is 22.3. The number of piperidine rings is 1. The van der Waals surface area contributed by atoms with Gasteiger partial charge >= 0.3 is 6.18 Å². The van der Waals surface area contributed by atoms with Crippen molar-refractivity contribution in [2.24, 2.45) is 11.8 Å². The van der Waals surface area contributed by atoms with E-state index in [1.807, 2.05) is 13.1 Å². The van der Waals surface area contributed by atoms with Gasteiger partial charge in [0.05, 0.1) is 12.1 Å². The Balaban J connectivity index is 1.41. The molecule has 10 heteroatoms. The molecular weight excluding hydrogens is 425 g/mol. The summed E-state index contributed by atoms with van der Waals surface area (Å²) in [6.07, 6.45) is 3.60. The average molecular weight is 453 g/mol. The summed E-state index contributed by atoms with van der Waals surface area (Å²) in [5, 5.41) is 0.677. The van der Waals surface area contributed by atoms with Crippen molar-refractivity contribution in [3.63, 3.8) is 0 Å². The summed E-state index contributed by atoms with van der Waals surface area (Å²) in [6.45, 7) is 6.73. The van der Waals surface area contributed by atoms with Crippen molar-refractivity contribution < 1.29 is 13.2 Å². The Labute approximate surface area is 184 Å². The van der Waals surface area contributed by atoms with Crippen LogP contribution in [0.25, 0.3) is 0 Å². The Hall–Kier alpha value is -1.94. The lowest BCUT2D eigenvalue weighted by molar-refractivity contribution is -0.129. The zero-order valence-corrected chi connectivity index (χ0v) is 18.4. The lowest BCUT2D eigenvalue weighted by Gasteiger charge is -2.33. The molecule has 4 rings (SSSR count). The monoisotopic (exact) mass is 452 g/mol. The number of alkyl halides is 3. The van der Waals surface area contributed by atoms with Gasteiger partial charge in [0.1, 0.15) is 17.2 Å². The molecule has 168 valence electrons. The van der Waals surface area contributed by atoms with E-state index in [0.29, 0.717) is 23.3 Å². The zero-order valence-electron chi connectivity index (χ0n) is 17.6. The Morgan fingerprint density at radius 1 is 1.10 bits per heavy atom. The second-order valence-corrected chi connectivity index (χ2v) is 9.28. The van der Waals surface area contributed by atoms with Crippen LogP contribution in [0.5, 0.6) is 0 Å². The highest BCUT2D eigenvalue weighted by Gasteiger charge is 2.38. The lowest BCUT2D eigenvalue weighted by atomic mass is 9.89. The predicted octanol–water partition coefficient (Wildman–Crippen LogP) is 3.83. The van der Waals surface area contributed by atoms with Gasteiger partial charge in [-0.25, -0.2) is 9.97 Å². The van der Waals surface area contributed by atoms with Gasteiger partial charge in [-0.2, -0.15) is 13.2 Å². The number of halogens is 3. The Kier molecular flexibility index (Phi) is 6.95. The summed E-state index contributed by atoms with van der Waals surface area (Å²) >= 11 is 1.18. The summed E-state index contributed by atoms with van der Waals surface area (Å²) in [7, 11) is 0. The normalized spacial score (nSPS) is 22.0. The minimum atomic E-state index is -4.14. The molecule has 2 fully saturated rings. The van der Waals surface area contributed by atoms with E-state index in [2.05, 4.69) is 29.7 Å². The molecule has 0 spiro atoms. The molecule has 6 nitrogen and oxygen atoms in total. The maximum atomic E-state index is 12.5. The maximum Gasteiger partial charge on any atom is 0.389 e. The minimum Gasteiger partial charge on any atom is -0.356 e. The zero-order chi connectivity index (χ0) is 21.8. The van der Waals surface area contributed by atoms with Crippen molar-refractivity contribution in [1.82, 2.24) is 24.8 Å². The van der Waals surface area contributed by atoms with E-state index < -0.39 is 12.6 Å². The molecule has 0 bridgehead atoms. The molecule has 0 radical (unpaired) electrons. The molecule has 2 aromatic rings. The van der Waals surface area contributed by atoms with Gasteiger partial charge in [0.2, 0.25) is 0 Å². The Morgan fingerprint density at radius 2 is 1.94 bits per heavy atom. The van der Waals surface area contributed by atoms with Gasteiger partial charge in [-0.15, -0.1) is 11.8 Å². The van der Waals surface area contributed by atoms with Crippen LogP contribution in [-0.2, 0) is 13.0 Å². The molecule has 0 N–H and O–H groups in total. The third kappa shape index (κ3) is 5.65. The van der Waals surface area contributed by atoms with Crippen molar-refractivity contribution in [1.29, 1.82) is 0 Å². The second-order valence-electron chi connectivity index (χ2n) is 8.19. The summed E-state index contributed by atoms with van der Waals surface area (Å²) in [6, 6.07) is 0. The SMILES string of the molecule is CCc1c(SCCC(F)(F)F)ncnc1N1C[C@H]2CCN(Cc3cnccn3)C[C@H]2C1. The molecule has 4 heterocycles. The van der Waals surface area contributed by atoms with E-state index in [1.165, 1.54) is 18.1 Å². The van der Waals surface area contributed by atoms with E-state index >= 15 is 0 Å². The Bertz CT molecular complexity index is 866. The molecule has 0 unspecified atom stereocenters. The highest BCUT2D eigenvalue weighted by atomic mass is 32.2. The summed E-state index contributed by atoms with van der Waals surface area (Å²) < 4.78 is 37.6. The van der Waals surface area contributed by atoms with Crippen LogP contribution in [0.1, 0.15) is 31.0 Å². The number of anilines is 1. The number of fused-ring (bicyclic) bond motifs is 1. The summed E-state index contributed by atoms with van der Waals surface area (Å²) in [5.41, 5.74) is 1.95. The fraction of sp³-hybridized carbons (Fsp3) is 0.619. The molecule has 2 aromatic heterocycles. The molecule has 2 atom stereocenters. The smallest absolute Gasteiger partial charge is 0.356 e. The van der Waals surface area contributed by atoms with Crippen LogP contribution in [0.2, 0.25) is 0 Å². The predicted molar refractivity (Wildman–Crippen MR) is 114 cm³/mol. The molecule has 0 amide bonds. The van der Waals surface area contributed by atoms with Crippen molar-refractivity contribution in [2.75, 3.05) is 36.8 Å². The van der Waals surface area contributed by atoms with E-state index in [4.69, 9.17) is 0 Å². The van der Waals surface area contributed by atoms with E-state index in [1.54, 1.807) is 12.4 Å². The third-order valence-corrected chi connectivity index (χ3v) is 7.08. The number of likely N-dealkylation sites (tertiary alicyclic amines) is 1. The van der Waals surface area contributed by atoms with Crippen molar-refractivity contribution in [3.05, 3.63) is 36.2 Å². The van der Waals surface area contributed by atoms with Gasteiger partial charge in [0.25, 0.3) is 0 Å². The van der Waals surface area contributed by atoms with Gasteiger partial charge in [-0.05, 0) is 31.2 Å². The maximum absolute atomic E-state index is 12.5. The molecule has 31 heavy (non-hydrogen) atoms. The van der Waals surface area contributed by atoms with Crippen molar-refractivity contribution >= 4 is 17.6 Å². The first-order valence-corrected chi connectivity index (χ1v) is 11.7. The summed E-state index contributed by atoms with van der Waals surface area (Å²) in [4.78, 5) is 22.1. The second kappa shape index (κ2) is 9.68. The van der Waals surface area contributed by atoms with Crippen LogP contribution in [0, 0.1) is 11.8 Å². The average Bonchev–Trinajstić information content (AvgIpc) is 3.16. The topological polar surface area (TPSA) is 58.0 Å². The number of nitrogens with zero attached hydrogens (tertiary/aromatic N) is 6. The molecule has 0 aromatic carbocycles. The first-order valence-electron chi connectivity index (χ1n) is 10.7.